The number of carbonyl (C=O) groups excluding carboxylic acids is 1. The van der Waals surface area contributed by atoms with Crippen molar-refractivity contribution in [3.63, 3.8) is 0 Å². The molecule has 1 saturated carbocycles. The first-order valence-corrected chi connectivity index (χ1v) is 11.3. The Balaban J connectivity index is 0.00000450. The van der Waals surface area contributed by atoms with Gasteiger partial charge in [-0.2, -0.15) is 0 Å². The van der Waals surface area contributed by atoms with Crippen molar-refractivity contribution in [1.82, 2.24) is 15.5 Å². The van der Waals surface area contributed by atoms with Gasteiger partial charge in [-0.1, -0.05) is 6.42 Å². The van der Waals surface area contributed by atoms with Gasteiger partial charge in [0.25, 0.3) is 0 Å². The van der Waals surface area contributed by atoms with Crippen molar-refractivity contribution in [3.05, 3.63) is 0 Å². The van der Waals surface area contributed by atoms with Gasteiger partial charge in [-0.3, -0.25) is 4.99 Å². The largest absolute Gasteiger partial charge is 0.444 e. The van der Waals surface area contributed by atoms with E-state index in [9.17, 15) is 4.79 Å². The molecule has 2 rings (SSSR count). The zero-order valence-electron chi connectivity index (χ0n) is 19.6. The van der Waals surface area contributed by atoms with E-state index in [1.54, 1.807) is 7.11 Å². The summed E-state index contributed by atoms with van der Waals surface area (Å²) >= 11 is 0. The van der Waals surface area contributed by atoms with E-state index < -0.39 is 5.60 Å². The number of aliphatic imine (C=N–C) groups is 1. The van der Waals surface area contributed by atoms with Gasteiger partial charge >= 0.3 is 6.09 Å². The van der Waals surface area contributed by atoms with E-state index in [1.165, 1.54) is 19.3 Å². The lowest BCUT2D eigenvalue weighted by Gasteiger charge is -2.41. The van der Waals surface area contributed by atoms with Crippen molar-refractivity contribution in [2.75, 3.05) is 46.4 Å². The molecule has 7 nitrogen and oxygen atoms in total. The van der Waals surface area contributed by atoms with Crippen LogP contribution in [0.3, 0.4) is 0 Å². The lowest BCUT2D eigenvalue weighted by Crippen LogP contribution is -2.45. The molecular formula is C22H43IN4O3. The molecule has 0 aromatic rings. The van der Waals surface area contributed by atoms with Crippen molar-refractivity contribution in [2.24, 2.45) is 16.3 Å². The molecule has 1 aliphatic carbocycles. The number of rotatable bonds is 8. The first-order valence-electron chi connectivity index (χ1n) is 11.3. The minimum Gasteiger partial charge on any atom is -0.444 e. The van der Waals surface area contributed by atoms with E-state index in [4.69, 9.17) is 14.5 Å². The summed E-state index contributed by atoms with van der Waals surface area (Å²) in [5.41, 5.74) is -0.106. The molecule has 2 N–H and O–H groups in total. The fraction of sp³-hybridized carbons (Fsp3) is 0.909. The number of methoxy groups -OCH3 is 1. The zero-order chi connectivity index (χ0) is 21.3. The number of ether oxygens (including phenoxy) is 2. The highest BCUT2D eigenvalue weighted by Gasteiger charge is 2.36. The van der Waals surface area contributed by atoms with Crippen LogP contribution in [0.2, 0.25) is 0 Å². The highest BCUT2D eigenvalue weighted by Crippen LogP contribution is 2.44. The molecule has 0 atom stereocenters. The van der Waals surface area contributed by atoms with Crippen LogP contribution in [-0.4, -0.2) is 69.0 Å². The molecule has 0 spiro atoms. The molecule has 8 heteroatoms. The van der Waals surface area contributed by atoms with Gasteiger partial charge in [-0.05, 0) is 71.1 Å². The van der Waals surface area contributed by atoms with Crippen LogP contribution < -0.4 is 10.6 Å². The van der Waals surface area contributed by atoms with E-state index in [2.05, 4.69) is 17.6 Å². The van der Waals surface area contributed by atoms with E-state index >= 15 is 0 Å². The van der Waals surface area contributed by atoms with Crippen molar-refractivity contribution in [2.45, 2.75) is 71.8 Å². The van der Waals surface area contributed by atoms with Gasteiger partial charge in [0, 0.05) is 46.4 Å². The Hall–Kier alpha value is -0.770. The normalized spacial score (nSPS) is 19.5. The number of piperidine rings is 1. The molecule has 1 amide bonds. The van der Waals surface area contributed by atoms with E-state index in [0.29, 0.717) is 11.3 Å². The summed E-state index contributed by atoms with van der Waals surface area (Å²) in [6, 6.07) is 0. The predicted molar refractivity (Wildman–Crippen MR) is 133 cm³/mol. The maximum absolute atomic E-state index is 12.2. The summed E-state index contributed by atoms with van der Waals surface area (Å²) in [7, 11) is 1.77. The predicted octanol–water partition coefficient (Wildman–Crippen LogP) is 4.01. The quantitative estimate of drug-likeness (QED) is 0.278. The lowest BCUT2D eigenvalue weighted by molar-refractivity contribution is 0.0185. The van der Waals surface area contributed by atoms with Gasteiger partial charge in [0.05, 0.1) is 0 Å². The van der Waals surface area contributed by atoms with Gasteiger partial charge in [0.15, 0.2) is 5.96 Å². The van der Waals surface area contributed by atoms with Gasteiger partial charge in [0.2, 0.25) is 0 Å². The van der Waals surface area contributed by atoms with Crippen LogP contribution in [0.5, 0.6) is 0 Å². The molecular weight excluding hydrogens is 495 g/mol. The number of halogens is 1. The Labute approximate surface area is 200 Å². The highest BCUT2D eigenvalue weighted by atomic mass is 127. The molecule has 1 aliphatic heterocycles. The van der Waals surface area contributed by atoms with Crippen molar-refractivity contribution in [1.29, 1.82) is 0 Å². The molecule has 2 aliphatic rings. The third-order valence-electron chi connectivity index (χ3n) is 5.99. The second-order valence-corrected chi connectivity index (χ2v) is 9.58. The standard InChI is InChI=1S/C22H42N4O3.HI/c1-6-23-19(25-17-22(10-7-11-22)12-15-28-5)24-16-18-8-13-26(14-9-18)20(27)29-21(2,3)4;/h18H,6-17H2,1-5H3,(H2,23,24,25);1H. The summed E-state index contributed by atoms with van der Waals surface area (Å²) in [5, 5.41) is 6.90. The van der Waals surface area contributed by atoms with Crippen LogP contribution in [0.4, 0.5) is 4.79 Å². The minimum absolute atomic E-state index is 0. The maximum Gasteiger partial charge on any atom is 0.410 e. The number of hydrogen-bond acceptors (Lipinski definition) is 4. The number of likely N-dealkylation sites (tertiary alicyclic amines) is 1. The topological polar surface area (TPSA) is 75.2 Å². The Kier molecular flexibility index (Phi) is 11.8. The first-order chi connectivity index (χ1) is 13.8. The zero-order valence-corrected chi connectivity index (χ0v) is 21.9. The Bertz CT molecular complexity index is 539. The number of nitrogens with zero attached hydrogens (tertiary/aromatic N) is 2. The summed E-state index contributed by atoms with van der Waals surface area (Å²) in [6.07, 6.45) is 6.69. The molecule has 176 valence electrons. The van der Waals surface area contributed by atoms with Crippen LogP contribution in [0.1, 0.15) is 66.2 Å². The molecule has 0 aromatic heterocycles. The summed E-state index contributed by atoms with van der Waals surface area (Å²) in [6.45, 7) is 12.8. The Morgan fingerprint density at radius 3 is 2.37 bits per heavy atom. The summed E-state index contributed by atoms with van der Waals surface area (Å²) in [5.74, 6) is 1.45. The molecule has 1 heterocycles. The van der Waals surface area contributed by atoms with E-state index in [1.807, 2.05) is 25.7 Å². The number of amides is 1. The average Bonchev–Trinajstić information content (AvgIpc) is 2.64. The monoisotopic (exact) mass is 538 g/mol. The molecule has 2 fully saturated rings. The SMILES string of the molecule is CCNC(=NCC1(CCOC)CCC1)NCC1CCN(C(=O)OC(C)(C)C)CC1.I. The number of hydrogen-bond donors (Lipinski definition) is 2. The van der Waals surface area contributed by atoms with Crippen LogP contribution in [-0.2, 0) is 9.47 Å². The van der Waals surface area contributed by atoms with Gasteiger partial charge in [0.1, 0.15) is 5.60 Å². The second kappa shape index (κ2) is 12.9. The minimum atomic E-state index is -0.437. The summed E-state index contributed by atoms with van der Waals surface area (Å²) in [4.78, 5) is 18.9. The lowest BCUT2D eigenvalue weighted by atomic mass is 9.67. The average molecular weight is 539 g/mol. The van der Waals surface area contributed by atoms with Crippen LogP contribution in [0.15, 0.2) is 4.99 Å². The molecule has 0 unspecified atom stereocenters. The van der Waals surface area contributed by atoms with Gasteiger partial charge < -0.3 is 25.0 Å². The van der Waals surface area contributed by atoms with Crippen LogP contribution in [0.25, 0.3) is 0 Å². The Morgan fingerprint density at radius 2 is 1.87 bits per heavy atom. The second-order valence-electron chi connectivity index (χ2n) is 9.58. The molecule has 1 saturated heterocycles. The van der Waals surface area contributed by atoms with Gasteiger partial charge in [-0.25, -0.2) is 4.79 Å². The van der Waals surface area contributed by atoms with Gasteiger partial charge in [-0.15, -0.1) is 24.0 Å². The van der Waals surface area contributed by atoms with Crippen LogP contribution in [0, 0.1) is 11.3 Å². The molecule has 0 bridgehead atoms. The third kappa shape index (κ3) is 9.16. The number of nitrogens with one attached hydrogen (secondary N) is 2. The van der Waals surface area contributed by atoms with Crippen molar-refractivity contribution >= 4 is 36.0 Å². The third-order valence-corrected chi connectivity index (χ3v) is 5.99. The van der Waals surface area contributed by atoms with Crippen molar-refractivity contribution in [3.8, 4) is 0 Å². The molecule has 30 heavy (non-hydrogen) atoms. The van der Waals surface area contributed by atoms with Crippen molar-refractivity contribution < 1.29 is 14.3 Å². The molecule has 0 aromatic carbocycles. The summed E-state index contributed by atoms with van der Waals surface area (Å²) < 4.78 is 10.8. The maximum atomic E-state index is 12.2. The fourth-order valence-corrected chi connectivity index (χ4v) is 3.96. The molecule has 0 radical (unpaired) electrons. The van der Waals surface area contributed by atoms with Crippen LogP contribution >= 0.6 is 24.0 Å². The smallest absolute Gasteiger partial charge is 0.410 e. The highest BCUT2D eigenvalue weighted by molar-refractivity contribution is 14.0. The number of guanidine groups is 1. The number of carbonyl (C=O) groups is 1. The van der Waals surface area contributed by atoms with E-state index in [0.717, 1.165) is 64.6 Å². The fourth-order valence-electron chi connectivity index (χ4n) is 3.96. The Morgan fingerprint density at radius 1 is 1.20 bits per heavy atom. The van der Waals surface area contributed by atoms with E-state index in [-0.39, 0.29) is 30.1 Å². The first kappa shape index (κ1) is 27.3.